The van der Waals surface area contributed by atoms with Crippen LogP contribution in [0.4, 0.5) is 5.95 Å². The number of aryl methyl sites for hydroxylation is 1. The zero-order chi connectivity index (χ0) is 15.0. The molecule has 2 aromatic rings. The maximum Gasteiger partial charge on any atom is 0.264 e. The first-order valence-corrected chi connectivity index (χ1v) is 7.39. The van der Waals surface area contributed by atoms with Gasteiger partial charge in [-0.2, -0.15) is 0 Å². The summed E-state index contributed by atoms with van der Waals surface area (Å²) >= 11 is 0. The van der Waals surface area contributed by atoms with Gasteiger partial charge in [0.2, 0.25) is 5.95 Å². The van der Waals surface area contributed by atoms with Crippen LogP contribution in [0.2, 0.25) is 0 Å². The molecule has 2 unspecified atom stereocenters. The number of rotatable bonds is 2. The summed E-state index contributed by atoms with van der Waals surface area (Å²) in [4.78, 5) is 22.6. The summed E-state index contributed by atoms with van der Waals surface area (Å²) in [6.07, 6.45) is 3.05. The minimum atomic E-state index is -0.146. The van der Waals surface area contributed by atoms with Crippen molar-refractivity contribution >= 4 is 5.95 Å². The third-order valence-corrected chi connectivity index (χ3v) is 4.00. The average Bonchev–Trinajstić information content (AvgIpc) is 2.84. The van der Waals surface area contributed by atoms with Gasteiger partial charge in [0.25, 0.3) is 5.56 Å². The number of aromatic amines is 2. The monoisotopic (exact) mass is 287 g/mol. The Morgan fingerprint density at radius 2 is 1.95 bits per heavy atom. The highest BCUT2D eigenvalue weighted by Gasteiger charge is 2.24. The van der Waals surface area contributed by atoms with Crippen molar-refractivity contribution in [1.29, 1.82) is 0 Å². The number of hydrogen-bond acceptors (Lipinski definition) is 4. The van der Waals surface area contributed by atoms with Gasteiger partial charge in [0.05, 0.1) is 11.4 Å². The Kier molecular flexibility index (Phi) is 3.53. The Labute approximate surface area is 123 Å². The van der Waals surface area contributed by atoms with Crippen LogP contribution >= 0.6 is 0 Å². The zero-order valence-corrected chi connectivity index (χ0v) is 12.7. The molecule has 3 rings (SSSR count). The Morgan fingerprint density at radius 3 is 2.52 bits per heavy atom. The summed E-state index contributed by atoms with van der Waals surface area (Å²) in [5, 5.41) is 5.38. The lowest BCUT2D eigenvalue weighted by molar-refractivity contribution is 0.353. The largest absolute Gasteiger partial charge is 0.340 e. The topological polar surface area (TPSA) is 77.7 Å². The van der Waals surface area contributed by atoms with E-state index >= 15 is 0 Å². The number of hydrogen-bond donors (Lipinski definition) is 2. The number of piperidine rings is 1. The van der Waals surface area contributed by atoms with E-state index in [4.69, 9.17) is 0 Å². The van der Waals surface area contributed by atoms with Crippen molar-refractivity contribution in [3.8, 4) is 11.3 Å². The van der Waals surface area contributed by atoms with Crippen LogP contribution in [0.1, 0.15) is 26.0 Å². The quantitative estimate of drug-likeness (QED) is 0.885. The van der Waals surface area contributed by atoms with E-state index < -0.39 is 0 Å². The van der Waals surface area contributed by atoms with Gasteiger partial charge in [0.1, 0.15) is 0 Å². The molecular weight excluding hydrogens is 266 g/mol. The Morgan fingerprint density at radius 1 is 1.24 bits per heavy atom. The lowest BCUT2D eigenvalue weighted by Crippen LogP contribution is -2.39. The molecule has 0 amide bonds. The van der Waals surface area contributed by atoms with E-state index in [0.29, 0.717) is 11.8 Å². The van der Waals surface area contributed by atoms with Gasteiger partial charge in [-0.1, -0.05) is 13.8 Å². The number of nitrogens with zero attached hydrogens (tertiary/aromatic N) is 3. The van der Waals surface area contributed by atoms with Gasteiger partial charge in [-0.15, -0.1) is 0 Å². The molecule has 1 aliphatic rings. The number of aromatic nitrogens is 4. The number of nitrogens with one attached hydrogen (secondary N) is 2. The van der Waals surface area contributed by atoms with Crippen LogP contribution < -0.4 is 10.5 Å². The molecule has 0 bridgehead atoms. The molecule has 0 aliphatic carbocycles. The zero-order valence-electron chi connectivity index (χ0n) is 12.7. The minimum absolute atomic E-state index is 0.146. The summed E-state index contributed by atoms with van der Waals surface area (Å²) in [6, 6.07) is 1.52. The molecule has 3 heterocycles. The molecule has 6 nitrogen and oxygen atoms in total. The molecule has 2 atom stereocenters. The van der Waals surface area contributed by atoms with Gasteiger partial charge >= 0.3 is 0 Å². The predicted molar refractivity (Wildman–Crippen MR) is 82.3 cm³/mol. The maximum atomic E-state index is 11.2. The molecule has 1 aliphatic heterocycles. The molecule has 0 saturated carbocycles. The standard InChI is InChI=1S/C15H21N5O/c1-9-4-10(2)8-20(7-9)15-16-6-12(11(3)17-15)13-5-14(21)19-18-13/h5-6,9-10H,4,7-8H2,1-3H3,(H2,18,19,21). The normalized spacial score (nSPS) is 22.5. The van der Waals surface area contributed by atoms with Crippen molar-refractivity contribution in [2.45, 2.75) is 27.2 Å². The second kappa shape index (κ2) is 5.35. The van der Waals surface area contributed by atoms with Crippen molar-refractivity contribution in [3.05, 3.63) is 28.3 Å². The van der Waals surface area contributed by atoms with Crippen LogP contribution in [0.25, 0.3) is 11.3 Å². The highest BCUT2D eigenvalue weighted by atomic mass is 16.1. The van der Waals surface area contributed by atoms with Gasteiger partial charge in [-0.3, -0.25) is 15.0 Å². The van der Waals surface area contributed by atoms with Crippen LogP contribution in [0.5, 0.6) is 0 Å². The Bertz CT molecular complexity index is 679. The molecule has 2 aromatic heterocycles. The molecular formula is C15H21N5O. The van der Waals surface area contributed by atoms with Crippen molar-refractivity contribution in [1.82, 2.24) is 20.2 Å². The second-order valence-electron chi connectivity index (χ2n) is 6.19. The fourth-order valence-electron chi connectivity index (χ4n) is 3.18. The van der Waals surface area contributed by atoms with Crippen LogP contribution in [0, 0.1) is 18.8 Å². The molecule has 0 radical (unpaired) electrons. The van der Waals surface area contributed by atoms with Gasteiger partial charge in [-0.05, 0) is 25.2 Å². The van der Waals surface area contributed by atoms with E-state index in [2.05, 4.69) is 38.9 Å². The molecule has 0 spiro atoms. The Hall–Kier alpha value is -2.11. The summed E-state index contributed by atoms with van der Waals surface area (Å²) in [5.41, 5.74) is 2.31. The van der Waals surface area contributed by atoms with Crippen LogP contribution in [0.15, 0.2) is 17.1 Å². The fourth-order valence-corrected chi connectivity index (χ4v) is 3.18. The summed E-state index contributed by atoms with van der Waals surface area (Å²) in [5.74, 6) is 2.12. The van der Waals surface area contributed by atoms with E-state index in [0.717, 1.165) is 36.0 Å². The van der Waals surface area contributed by atoms with Crippen molar-refractivity contribution in [3.63, 3.8) is 0 Å². The number of H-pyrrole nitrogens is 2. The average molecular weight is 287 g/mol. The smallest absolute Gasteiger partial charge is 0.264 e. The molecule has 6 heteroatoms. The van der Waals surface area contributed by atoms with E-state index in [1.165, 1.54) is 12.5 Å². The number of anilines is 1. The summed E-state index contributed by atoms with van der Waals surface area (Å²) in [6.45, 7) is 8.50. The minimum Gasteiger partial charge on any atom is -0.340 e. The molecule has 0 aromatic carbocycles. The third kappa shape index (κ3) is 2.84. The van der Waals surface area contributed by atoms with E-state index in [1.807, 2.05) is 6.92 Å². The molecule has 112 valence electrons. The first-order chi connectivity index (χ1) is 10.0. The first kappa shape index (κ1) is 13.9. The Balaban J connectivity index is 1.89. The molecule has 2 N–H and O–H groups in total. The summed E-state index contributed by atoms with van der Waals surface area (Å²) < 4.78 is 0. The van der Waals surface area contributed by atoms with E-state index in [9.17, 15) is 4.79 Å². The fraction of sp³-hybridized carbons (Fsp3) is 0.533. The van der Waals surface area contributed by atoms with Crippen LogP contribution in [-0.2, 0) is 0 Å². The molecule has 1 saturated heterocycles. The van der Waals surface area contributed by atoms with Crippen LogP contribution in [-0.4, -0.2) is 33.3 Å². The highest BCUT2D eigenvalue weighted by molar-refractivity contribution is 5.61. The maximum absolute atomic E-state index is 11.2. The van der Waals surface area contributed by atoms with Crippen molar-refractivity contribution in [2.75, 3.05) is 18.0 Å². The third-order valence-electron chi connectivity index (χ3n) is 4.00. The van der Waals surface area contributed by atoms with Gasteiger partial charge < -0.3 is 4.90 Å². The van der Waals surface area contributed by atoms with Gasteiger partial charge in [-0.25, -0.2) is 9.97 Å². The predicted octanol–water partition coefficient (Wildman–Crippen LogP) is 1.95. The molecule has 1 fully saturated rings. The van der Waals surface area contributed by atoms with Crippen molar-refractivity contribution in [2.24, 2.45) is 11.8 Å². The van der Waals surface area contributed by atoms with E-state index in [1.54, 1.807) is 6.20 Å². The second-order valence-corrected chi connectivity index (χ2v) is 6.19. The summed E-state index contributed by atoms with van der Waals surface area (Å²) in [7, 11) is 0. The first-order valence-electron chi connectivity index (χ1n) is 7.39. The highest BCUT2D eigenvalue weighted by Crippen LogP contribution is 2.25. The van der Waals surface area contributed by atoms with Gasteiger partial charge in [0.15, 0.2) is 0 Å². The van der Waals surface area contributed by atoms with Crippen LogP contribution in [0.3, 0.4) is 0 Å². The SMILES string of the molecule is Cc1nc(N2CC(C)CC(C)C2)ncc1-c1cc(=O)[nH][nH]1. The van der Waals surface area contributed by atoms with E-state index in [-0.39, 0.29) is 5.56 Å². The lowest BCUT2D eigenvalue weighted by atomic mass is 9.92. The molecule has 21 heavy (non-hydrogen) atoms. The van der Waals surface area contributed by atoms with Crippen molar-refractivity contribution < 1.29 is 0 Å². The van der Waals surface area contributed by atoms with Gasteiger partial charge in [0, 0.05) is 30.9 Å². The lowest BCUT2D eigenvalue weighted by Gasteiger charge is -2.35.